The molecule has 1 N–H and O–H groups in total. The van der Waals surface area contributed by atoms with Crippen LogP contribution in [0.3, 0.4) is 0 Å². The summed E-state index contributed by atoms with van der Waals surface area (Å²) in [6.45, 7) is 5.48. The normalized spacial score (nSPS) is 26.1. The van der Waals surface area contributed by atoms with Gasteiger partial charge >= 0.3 is 0 Å². The number of rotatable bonds is 6. The molecule has 2 aliphatic rings. The lowest BCUT2D eigenvalue weighted by Gasteiger charge is -2.36. The summed E-state index contributed by atoms with van der Waals surface area (Å²) in [7, 11) is 0. The maximum absolute atomic E-state index is 12.3. The summed E-state index contributed by atoms with van der Waals surface area (Å²) >= 11 is 1.93. The molecule has 1 aromatic rings. The van der Waals surface area contributed by atoms with Gasteiger partial charge in [-0.05, 0) is 39.0 Å². The Morgan fingerprint density at radius 2 is 2.32 bits per heavy atom. The number of carbonyl (C=O) groups excluding carboxylic acids is 1. The number of carbonyl (C=O) groups is 1. The first-order valence-electron chi connectivity index (χ1n) is 8.34. The van der Waals surface area contributed by atoms with Gasteiger partial charge in [0.15, 0.2) is 5.69 Å². The average molecular weight is 323 g/mol. The van der Waals surface area contributed by atoms with Crippen LogP contribution in [0.4, 0.5) is 0 Å². The highest BCUT2D eigenvalue weighted by atomic mass is 32.2. The Hall–Kier alpha value is -1.01. The van der Waals surface area contributed by atoms with E-state index in [1.165, 1.54) is 12.2 Å². The lowest BCUT2D eigenvalue weighted by atomic mass is 10.0. The molecule has 2 atom stereocenters. The van der Waals surface area contributed by atoms with E-state index in [2.05, 4.69) is 28.6 Å². The van der Waals surface area contributed by atoms with Crippen molar-refractivity contribution in [3.05, 3.63) is 17.5 Å². The first kappa shape index (κ1) is 15.9. The van der Waals surface area contributed by atoms with Crippen molar-refractivity contribution in [3.63, 3.8) is 0 Å². The highest BCUT2D eigenvalue weighted by Gasteiger charge is 2.30. The van der Waals surface area contributed by atoms with Crippen molar-refractivity contribution in [1.82, 2.24) is 14.8 Å². The molecular formula is C16H25N3O2S. The molecule has 5 nitrogen and oxygen atoms in total. The fraction of sp³-hybridized carbons (Fsp3) is 0.750. The molecule has 122 valence electrons. The lowest BCUT2D eigenvalue weighted by molar-refractivity contribution is 0.0906. The Bertz CT molecular complexity index is 515. The monoisotopic (exact) mass is 323 g/mol. The largest absolute Gasteiger partial charge is 0.360 e. The van der Waals surface area contributed by atoms with Crippen LogP contribution in [-0.4, -0.2) is 39.8 Å². The third-order valence-electron chi connectivity index (χ3n) is 4.35. The van der Waals surface area contributed by atoms with Gasteiger partial charge in [0.25, 0.3) is 5.91 Å². The van der Waals surface area contributed by atoms with Gasteiger partial charge in [0.05, 0.1) is 0 Å². The van der Waals surface area contributed by atoms with Gasteiger partial charge in [-0.25, -0.2) is 4.31 Å². The molecular weight excluding hydrogens is 298 g/mol. The number of amides is 1. The zero-order valence-corrected chi connectivity index (χ0v) is 14.2. The van der Waals surface area contributed by atoms with Crippen molar-refractivity contribution in [1.29, 1.82) is 0 Å². The van der Waals surface area contributed by atoms with Gasteiger partial charge in [-0.2, -0.15) is 0 Å². The van der Waals surface area contributed by atoms with Gasteiger partial charge in [0.2, 0.25) is 0 Å². The molecule has 1 amide bonds. The average Bonchev–Trinajstić information content (AvgIpc) is 3.23. The molecule has 3 rings (SSSR count). The first-order chi connectivity index (χ1) is 10.7. The van der Waals surface area contributed by atoms with Gasteiger partial charge < -0.3 is 9.84 Å². The Balaban J connectivity index is 1.49. The van der Waals surface area contributed by atoms with Crippen LogP contribution in [0.2, 0.25) is 0 Å². The van der Waals surface area contributed by atoms with E-state index in [0.717, 1.165) is 38.0 Å². The molecule has 0 bridgehead atoms. The molecule has 1 saturated heterocycles. The second-order valence-corrected chi connectivity index (χ2v) is 7.54. The maximum atomic E-state index is 12.3. The van der Waals surface area contributed by atoms with Gasteiger partial charge in [-0.1, -0.05) is 24.0 Å². The van der Waals surface area contributed by atoms with Crippen LogP contribution in [-0.2, 0) is 0 Å². The standard InChI is InChI=1S/C16H25N3O2S/c1-3-8-22-19-7-6-13(9-11(19)2)17-16(20)14-10-15(21-18-14)12-4-5-12/h10-13H,3-9H2,1-2H3,(H,17,20). The molecule has 2 fully saturated rings. The molecule has 1 aromatic heterocycles. The van der Waals surface area contributed by atoms with E-state index >= 15 is 0 Å². The minimum Gasteiger partial charge on any atom is -0.360 e. The predicted molar refractivity (Wildman–Crippen MR) is 87.9 cm³/mol. The van der Waals surface area contributed by atoms with Crippen LogP contribution in [0, 0.1) is 0 Å². The fourth-order valence-electron chi connectivity index (χ4n) is 2.90. The molecule has 1 saturated carbocycles. The van der Waals surface area contributed by atoms with E-state index in [1.54, 1.807) is 0 Å². The molecule has 1 aliphatic carbocycles. The molecule has 0 spiro atoms. The Kier molecular flexibility index (Phi) is 5.08. The number of aromatic nitrogens is 1. The van der Waals surface area contributed by atoms with E-state index < -0.39 is 0 Å². The second-order valence-electron chi connectivity index (χ2n) is 6.41. The van der Waals surface area contributed by atoms with E-state index in [-0.39, 0.29) is 11.9 Å². The third kappa shape index (κ3) is 3.84. The van der Waals surface area contributed by atoms with Crippen molar-refractivity contribution in [2.75, 3.05) is 12.3 Å². The second kappa shape index (κ2) is 7.04. The van der Waals surface area contributed by atoms with Crippen LogP contribution in [0.1, 0.15) is 68.1 Å². The minimum atomic E-state index is -0.0949. The van der Waals surface area contributed by atoms with Gasteiger partial charge in [-0.15, -0.1) is 0 Å². The Morgan fingerprint density at radius 3 is 3.00 bits per heavy atom. The number of nitrogens with one attached hydrogen (secondary N) is 1. The molecule has 2 heterocycles. The minimum absolute atomic E-state index is 0.0949. The van der Waals surface area contributed by atoms with Crippen molar-refractivity contribution >= 4 is 17.9 Å². The quantitative estimate of drug-likeness (QED) is 0.815. The fourth-order valence-corrected chi connectivity index (χ4v) is 3.89. The van der Waals surface area contributed by atoms with Gasteiger partial charge in [0.1, 0.15) is 5.76 Å². The van der Waals surface area contributed by atoms with Gasteiger partial charge in [0, 0.05) is 36.4 Å². The van der Waals surface area contributed by atoms with Crippen LogP contribution in [0.15, 0.2) is 10.6 Å². The summed E-state index contributed by atoms with van der Waals surface area (Å²) in [6, 6.07) is 2.54. The van der Waals surface area contributed by atoms with Crippen molar-refractivity contribution in [2.45, 2.75) is 64.0 Å². The molecule has 0 radical (unpaired) electrons. The Morgan fingerprint density at radius 1 is 1.50 bits per heavy atom. The highest BCUT2D eigenvalue weighted by Crippen LogP contribution is 2.40. The number of piperidine rings is 1. The third-order valence-corrected chi connectivity index (χ3v) is 5.82. The van der Waals surface area contributed by atoms with Crippen molar-refractivity contribution < 1.29 is 9.32 Å². The van der Waals surface area contributed by atoms with Crippen LogP contribution in [0.5, 0.6) is 0 Å². The van der Waals surface area contributed by atoms with Crippen LogP contribution < -0.4 is 5.32 Å². The number of nitrogens with zero attached hydrogens (tertiary/aromatic N) is 2. The summed E-state index contributed by atoms with van der Waals surface area (Å²) in [5.41, 5.74) is 0.428. The maximum Gasteiger partial charge on any atom is 0.273 e. The van der Waals surface area contributed by atoms with Gasteiger partial charge in [-0.3, -0.25) is 4.79 Å². The first-order valence-corrected chi connectivity index (χ1v) is 9.28. The molecule has 6 heteroatoms. The summed E-state index contributed by atoms with van der Waals surface area (Å²) in [5, 5.41) is 7.03. The molecule has 1 aliphatic heterocycles. The summed E-state index contributed by atoms with van der Waals surface area (Å²) < 4.78 is 7.71. The summed E-state index contributed by atoms with van der Waals surface area (Å²) in [6.07, 6.45) is 5.50. The predicted octanol–water partition coefficient (Wildman–Crippen LogP) is 3.19. The van der Waals surface area contributed by atoms with E-state index in [1.807, 2.05) is 18.0 Å². The van der Waals surface area contributed by atoms with E-state index in [4.69, 9.17) is 4.52 Å². The van der Waals surface area contributed by atoms with Crippen LogP contribution in [0.25, 0.3) is 0 Å². The SMILES string of the molecule is CCCSN1CCC(NC(=O)c2cc(C3CC3)on2)CC1C. The number of hydrogen-bond donors (Lipinski definition) is 1. The van der Waals surface area contributed by atoms with Crippen LogP contribution >= 0.6 is 11.9 Å². The number of hydrogen-bond acceptors (Lipinski definition) is 5. The molecule has 0 aromatic carbocycles. The van der Waals surface area contributed by atoms with E-state index in [9.17, 15) is 4.79 Å². The smallest absolute Gasteiger partial charge is 0.273 e. The summed E-state index contributed by atoms with van der Waals surface area (Å²) in [4.78, 5) is 12.3. The van der Waals surface area contributed by atoms with Crippen molar-refractivity contribution in [3.8, 4) is 0 Å². The zero-order valence-electron chi connectivity index (χ0n) is 13.4. The topological polar surface area (TPSA) is 58.4 Å². The molecule has 22 heavy (non-hydrogen) atoms. The Labute approximate surface area is 136 Å². The highest BCUT2D eigenvalue weighted by molar-refractivity contribution is 7.97. The summed E-state index contributed by atoms with van der Waals surface area (Å²) in [5.74, 6) is 2.43. The van der Waals surface area contributed by atoms with E-state index in [0.29, 0.717) is 17.7 Å². The van der Waals surface area contributed by atoms with Crippen molar-refractivity contribution in [2.24, 2.45) is 0 Å². The molecule has 2 unspecified atom stereocenters. The zero-order chi connectivity index (χ0) is 15.5. The lowest BCUT2D eigenvalue weighted by Crippen LogP contribution is -2.46.